The zero-order valence-corrected chi connectivity index (χ0v) is 12.3. The van der Waals surface area contributed by atoms with Crippen molar-refractivity contribution >= 4 is 34.9 Å². The summed E-state index contributed by atoms with van der Waals surface area (Å²) in [5.41, 5.74) is 0.601. The molecule has 0 spiro atoms. The molecule has 0 aliphatic carbocycles. The van der Waals surface area contributed by atoms with Crippen molar-refractivity contribution in [1.82, 2.24) is 5.16 Å². The fraction of sp³-hybridized carbons (Fsp3) is 0.214. The topological polar surface area (TPSA) is 75.4 Å². The van der Waals surface area contributed by atoms with E-state index in [-0.39, 0.29) is 18.4 Å². The molecule has 0 aliphatic heterocycles. The summed E-state index contributed by atoms with van der Waals surface area (Å²) in [4.78, 5) is 24.9. The minimum absolute atomic E-state index is 0.149. The molecule has 2 aromatic rings. The molecule has 0 saturated heterocycles. The van der Waals surface area contributed by atoms with E-state index in [1.807, 2.05) is 0 Å². The SMILES string of the molecule is CC(=O)N(CC(=O)Nc1ccc(Cl)cc1)c1cc(C)on1. The van der Waals surface area contributed by atoms with Crippen LogP contribution >= 0.6 is 11.6 Å². The van der Waals surface area contributed by atoms with Gasteiger partial charge in [0.2, 0.25) is 11.8 Å². The van der Waals surface area contributed by atoms with Gasteiger partial charge >= 0.3 is 0 Å². The number of nitrogens with zero attached hydrogens (tertiary/aromatic N) is 2. The lowest BCUT2D eigenvalue weighted by Gasteiger charge is -2.17. The standard InChI is InChI=1S/C14H14ClN3O3/c1-9-7-13(17-21-9)18(10(2)19)8-14(20)16-12-5-3-11(15)4-6-12/h3-7H,8H2,1-2H3,(H,16,20). The number of carbonyl (C=O) groups excluding carboxylic acids is 2. The minimum atomic E-state index is -0.340. The Labute approximate surface area is 126 Å². The normalized spacial score (nSPS) is 10.2. The highest BCUT2D eigenvalue weighted by atomic mass is 35.5. The first-order valence-electron chi connectivity index (χ1n) is 6.22. The van der Waals surface area contributed by atoms with Gasteiger partial charge < -0.3 is 9.84 Å². The second kappa shape index (κ2) is 6.41. The van der Waals surface area contributed by atoms with E-state index in [4.69, 9.17) is 16.1 Å². The number of anilines is 2. The molecule has 0 radical (unpaired) electrons. The van der Waals surface area contributed by atoms with Crippen molar-refractivity contribution in [2.75, 3.05) is 16.8 Å². The van der Waals surface area contributed by atoms with Gasteiger partial charge in [-0.2, -0.15) is 0 Å². The number of benzene rings is 1. The molecule has 1 N–H and O–H groups in total. The third-order valence-electron chi connectivity index (χ3n) is 2.70. The Morgan fingerprint density at radius 2 is 2.00 bits per heavy atom. The van der Waals surface area contributed by atoms with Crippen LogP contribution in [0.15, 0.2) is 34.9 Å². The van der Waals surface area contributed by atoms with Gasteiger partial charge in [0.25, 0.3) is 0 Å². The van der Waals surface area contributed by atoms with Crippen molar-refractivity contribution < 1.29 is 14.1 Å². The summed E-state index contributed by atoms with van der Waals surface area (Å²) in [5.74, 6) is 0.239. The quantitative estimate of drug-likeness (QED) is 0.942. The van der Waals surface area contributed by atoms with E-state index < -0.39 is 0 Å². The molecular formula is C14H14ClN3O3. The van der Waals surface area contributed by atoms with Crippen LogP contribution in [0.1, 0.15) is 12.7 Å². The molecule has 0 aliphatic rings. The molecule has 0 fully saturated rings. The number of aromatic nitrogens is 1. The summed E-state index contributed by atoms with van der Waals surface area (Å²) in [6, 6.07) is 8.29. The smallest absolute Gasteiger partial charge is 0.244 e. The van der Waals surface area contributed by atoms with Crippen molar-refractivity contribution in [3.05, 3.63) is 41.1 Å². The first kappa shape index (κ1) is 15.1. The Hall–Kier alpha value is -2.34. The zero-order chi connectivity index (χ0) is 15.4. The van der Waals surface area contributed by atoms with Gasteiger partial charge in [0, 0.05) is 23.7 Å². The van der Waals surface area contributed by atoms with Crippen LogP contribution in [0.3, 0.4) is 0 Å². The highest BCUT2D eigenvalue weighted by molar-refractivity contribution is 6.30. The highest BCUT2D eigenvalue weighted by Crippen LogP contribution is 2.16. The van der Waals surface area contributed by atoms with E-state index >= 15 is 0 Å². The lowest BCUT2D eigenvalue weighted by atomic mass is 10.3. The lowest BCUT2D eigenvalue weighted by molar-refractivity contribution is -0.120. The van der Waals surface area contributed by atoms with Gasteiger partial charge in [0.1, 0.15) is 12.3 Å². The monoisotopic (exact) mass is 307 g/mol. The summed E-state index contributed by atoms with van der Waals surface area (Å²) in [6.45, 7) is 2.92. The van der Waals surface area contributed by atoms with Gasteiger partial charge in [-0.3, -0.25) is 14.5 Å². The van der Waals surface area contributed by atoms with Crippen molar-refractivity contribution in [2.45, 2.75) is 13.8 Å². The molecule has 1 aromatic carbocycles. The number of hydrogen-bond acceptors (Lipinski definition) is 4. The summed E-state index contributed by atoms with van der Waals surface area (Å²) in [6.07, 6.45) is 0. The van der Waals surface area contributed by atoms with Gasteiger partial charge in [-0.25, -0.2) is 0 Å². The second-order valence-electron chi connectivity index (χ2n) is 4.46. The van der Waals surface area contributed by atoms with Crippen LogP contribution in [0, 0.1) is 6.92 Å². The second-order valence-corrected chi connectivity index (χ2v) is 4.89. The van der Waals surface area contributed by atoms with E-state index in [9.17, 15) is 9.59 Å². The number of hydrogen-bond donors (Lipinski definition) is 1. The van der Waals surface area contributed by atoms with Crippen LogP contribution in [-0.2, 0) is 9.59 Å². The molecule has 1 aromatic heterocycles. The third-order valence-corrected chi connectivity index (χ3v) is 2.95. The number of rotatable bonds is 4. The molecule has 0 atom stereocenters. The molecule has 6 nitrogen and oxygen atoms in total. The van der Waals surface area contributed by atoms with Crippen molar-refractivity contribution in [1.29, 1.82) is 0 Å². The molecule has 1 heterocycles. The van der Waals surface area contributed by atoms with Gasteiger partial charge in [-0.15, -0.1) is 0 Å². The van der Waals surface area contributed by atoms with Gasteiger partial charge in [-0.1, -0.05) is 16.8 Å². The first-order chi connectivity index (χ1) is 9.95. The third kappa shape index (κ3) is 4.06. The Kier molecular flexibility index (Phi) is 4.59. The van der Waals surface area contributed by atoms with E-state index in [0.717, 1.165) is 0 Å². The van der Waals surface area contributed by atoms with Gasteiger partial charge in [-0.05, 0) is 31.2 Å². The maximum atomic E-state index is 12.0. The Morgan fingerprint density at radius 1 is 1.33 bits per heavy atom. The molecular weight excluding hydrogens is 294 g/mol. The summed E-state index contributed by atoms with van der Waals surface area (Å²) in [7, 11) is 0. The molecule has 2 amide bonds. The molecule has 110 valence electrons. The van der Waals surface area contributed by atoms with Crippen LogP contribution in [-0.4, -0.2) is 23.5 Å². The first-order valence-corrected chi connectivity index (χ1v) is 6.60. The largest absolute Gasteiger partial charge is 0.360 e. The van der Waals surface area contributed by atoms with Gasteiger partial charge in [0.15, 0.2) is 5.82 Å². The highest BCUT2D eigenvalue weighted by Gasteiger charge is 2.19. The van der Waals surface area contributed by atoms with Crippen LogP contribution in [0.4, 0.5) is 11.5 Å². The van der Waals surface area contributed by atoms with E-state index in [0.29, 0.717) is 22.3 Å². The molecule has 2 rings (SSSR count). The molecule has 21 heavy (non-hydrogen) atoms. The zero-order valence-electron chi connectivity index (χ0n) is 11.6. The number of halogens is 1. The van der Waals surface area contributed by atoms with Crippen molar-refractivity contribution in [3.8, 4) is 0 Å². The minimum Gasteiger partial charge on any atom is -0.360 e. The summed E-state index contributed by atoms with van der Waals surface area (Å²) < 4.78 is 4.92. The fourth-order valence-electron chi connectivity index (χ4n) is 1.71. The Balaban J connectivity index is 2.05. The predicted molar refractivity (Wildman–Crippen MR) is 79.3 cm³/mol. The maximum absolute atomic E-state index is 12.0. The molecule has 7 heteroatoms. The maximum Gasteiger partial charge on any atom is 0.244 e. The average Bonchev–Trinajstić information content (AvgIpc) is 2.85. The summed E-state index contributed by atoms with van der Waals surface area (Å²) >= 11 is 5.77. The predicted octanol–water partition coefficient (Wildman–Crippen LogP) is 2.63. The van der Waals surface area contributed by atoms with Crippen molar-refractivity contribution in [2.24, 2.45) is 0 Å². The number of amides is 2. The van der Waals surface area contributed by atoms with Crippen LogP contribution in [0.25, 0.3) is 0 Å². The fourth-order valence-corrected chi connectivity index (χ4v) is 1.84. The number of nitrogens with one attached hydrogen (secondary N) is 1. The van der Waals surface area contributed by atoms with E-state index in [1.54, 1.807) is 37.3 Å². The van der Waals surface area contributed by atoms with E-state index in [2.05, 4.69) is 10.5 Å². The van der Waals surface area contributed by atoms with Crippen molar-refractivity contribution in [3.63, 3.8) is 0 Å². The van der Waals surface area contributed by atoms with Crippen LogP contribution < -0.4 is 10.2 Å². The number of carbonyl (C=O) groups is 2. The van der Waals surface area contributed by atoms with Crippen LogP contribution in [0.5, 0.6) is 0 Å². The number of aryl methyl sites for hydroxylation is 1. The molecule has 0 saturated carbocycles. The average molecular weight is 308 g/mol. The van der Waals surface area contributed by atoms with E-state index in [1.165, 1.54) is 11.8 Å². The lowest BCUT2D eigenvalue weighted by Crippen LogP contribution is -2.36. The molecule has 0 bridgehead atoms. The van der Waals surface area contributed by atoms with Gasteiger partial charge in [0.05, 0.1) is 0 Å². The Morgan fingerprint density at radius 3 is 2.52 bits per heavy atom. The summed E-state index contributed by atoms with van der Waals surface area (Å²) in [5, 5.41) is 7.00. The molecule has 0 unspecified atom stereocenters. The van der Waals surface area contributed by atoms with Crippen LogP contribution in [0.2, 0.25) is 5.02 Å². The Bertz CT molecular complexity index is 652.